The molecule has 39 heavy (non-hydrogen) atoms. The molecule has 4 bridgehead atoms. The predicted molar refractivity (Wildman–Crippen MR) is 163 cm³/mol. The monoisotopic (exact) mass is 690 g/mol. The highest BCUT2D eigenvalue weighted by Gasteiger charge is 2.55. The number of carbonyl (C=O) groups is 2. The van der Waals surface area contributed by atoms with Crippen molar-refractivity contribution in [3.63, 3.8) is 0 Å². The number of ether oxygens (including phenoxy) is 2. The minimum atomic E-state index is -0.355. The molecule has 1 N–H and O–H groups in total. The van der Waals surface area contributed by atoms with Crippen molar-refractivity contribution in [2.45, 2.75) is 45.1 Å². The molecular formula is C29H28Br2N2O4S2. The molecule has 0 unspecified atom stereocenters. The van der Waals surface area contributed by atoms with E-state index in [-0.39, 0.29) is 17.2 Å². The van der Waals surface area contributed by atoms with Crippen molar-refractivity contribution in [2.24, 2.45) is 23.2 Å². The van der Waals surface area contributed by atoms with Crippen LogP contribution in [0.1, 0.15) is 49.7 Å². The predicted octanol–water partition coefficient (Wildman–Crippen LogP) is 7.25. The summed E-state index contributed by atoms with van der Waals surface area (Å²) in [5, 5.41) is 1.26. The van der Waals surface area contributed by atoms with Crippen molar-refractivity contribution in [3.05, 3.63) is 61.4 Å². The Morgan fingerprint density at radius 2 is 1.77 bits per heavy atom. The summed E-state index contributed by atoms with van der Waals surface area (Å²) in [4.78, 5) is 27.3. The van der Waals surface area contributed by atoms with Crippen LogP contribution < -0.4 is 14.9 Å². The summed E-state index contributed by atoms with van der Waals surface area (Å²) in [6, 6.07) is 11.6. The Morgan fingerprint density at radius 3 is 2.38 bits per heavy atom. The highest BCUT2D eigenvalue weighted by atomic mass is 79.9. The Morgan fingerprint density at radius 1 is 1.13 bits per heavy atom. The zero-order valence-corrected chi connectivity index (χ0v) is 26.2. The van der Waals surface area contributed by atoms with E-state index in [9.17, 15) is 9.59 Å². The largest absolute Gasteiger partial charge is 0.493 e. The first-order chi connectivity index (χ1) is 18.7. The van der Waals surface area contributed by atoms with Gasteiger partial charge < -0.3 is 9.47 Å². The molecule has 204 valence electrons. The Labute approximate surface area is 254 Å². The molecule has 10 heteroatoms. The van der Waals surface area contributed by atoms with E-state index >= 15 is 0 Å². The van der Waals surface area contributed by atoms with Gasteiger partial charge in [0, 0.05) is 4.47 Å². The molecule has 0 radical (unpaired) electrons. The molecule has 2 aromatic rings. The molecule has 4 aliphatic carbocycles. The molecular weight excluding hydrogens is 664 g/mol. The van der Waals surface area contributed by atoms with Crippen LogP contribution in [-0.2, 0) is 16.2 Å². The summed E-state index contributed by atoms with van der Waals surface area (Å²) in [5.41, 5.74) is 4.34. The van der Waals surface area contributed by atoms with E-state index in [2.05, 4.69) is 37.3 Å². The number of hydrogen-bond donors (Lipinski definition) is 1. The van der Waals surface area contributed by atoms with Gasteiger partial charge in [0.15, 0.2) is 15.8 Å². The summed E-state index contributed by atoms with van der Waals surface area (Å²) < 4.78 is 13.7. The summed E-state index contributed by atoms with van der Waals surface area (Å²) >= 11 is 13.7. The van der Waals surface area contributed by atoms with Crippen LogP contribution in [0.5, 0.6) is 11.5 Å². The van der Waals surface area contributed by atoms with Gasteiger partial charge in [-0.1, -0.05) is 39.8 Å². The fraction of sp³-hybridized carbons (Fsp3) is 0.414. The number of amides is 2. The molecule has 1 heterocycles. The van der Waals surface area contributed by atoms with Crippen molar-refractivity contribution >= 4 is 78.1 Å². The lowest BCUT2D eigenvalue weighted by Gasteiger charge is -2.55. The number of benzene rings is 2. The van der Waals surface area contributed by atoms with Crippen molar-refractivity contribution in [2.75, 3.05) is 7.11 Å². The molecule has 6 nitrogen and oxygen atoms in total. The third-order valence-corrected chi connectivity index (χ3v) is 10.8. The normalized spacial score (nSPS) is 28.3. The first-order valence-corrected chi connectivity index (χ1v) is 15.9. The molecule has 2 amide bonds. The molecule has 0 atom stereocenters. The summed E-state index contributed by atoms with van der Waals surface area (Å²) in [6.45, 7) is 0.379. The lowest BCUT2D eigenvalue weighted by Crippen LogP contribution is -2.57. The minimum absolute atomic E-state index is 0.0455. The molecule has 5 fully saturated rings. The number of thiocarbonyl (C=S) groups is 1. The number of thioether (sulfide) groups is 1. The number of nitrogens with zero attached hydrogens (tertiary/aromatic N) is 1. The van der Waals surface area contributed by atoms with E-state index in [0.29, 0.717) is 49.6 Å². The Kier molecular flexibility index (Phi) is 7.58. The van der Waals surface area contributed by atoms with Gasteiger partial charge >= 0.3 is 0 Å². The maximum absolute atomic E-state index is 13.5. The Bertz CT molecular complexity index is 1340. The van der Waals surface area contributed by atoms with E-state index in [4.69, 9.17) is 21.7 Å². The average Bonchev–Trinajstić information content (AvgIpc) is 3.15. The minimum Gasteiger partial charge on any atom is -0.493 e. The average molecular weight is 692 g/mol. The van der Waals surface area contributed by atoms with Crippen molar-refractivity contribution < 1.29 is 19.1 Å². The number of hydrogen-bond acceptors (Lipinski definition) is 6. The van der Waals surface area contributed by atoms with Crippen molar-refractivity contribution in [1.29, 1.82) is 0 Å². The molecule has 1 aliphatic heterocycles. The Balaban J connectivity index is 1.16. The van der Waals surface area contributed by atoms with E-state index in [0.717, 1.165) is 34.9 Å². The van der Waals surface area contributed by atoms with Crippen LogP contribution in [0.2, 0.25) is 0 Å². The van der Waals surface area contributed by atoms with E-state index in [1.54, 1.807) is 13.2 Å². The molecule has 4 saturated carbocycles. The highest BCUT2D eigenvalue weighted by Crippen LogP contribution is 2.60. The molecule has 7 rings (SSSR count). The number of carbonyl (C=O) groups excluding carboxylic acids is 2. The van der Waals surface area contributed by atoms with Gasteiger partial charge in [-0.25, -0.2) is 0 Å². The lowest BCUT2D eigenvalue weighted by molar-refractivity contribution is -0.152. The first-order valence-electron chi connectivity index (χ1n) is 13.1. The fourth-order valence-corrected chi connectivity index (χ4v) is 9.04. The van der Waals surface area contributed by atoms with Crippen molar-refractivity contribution in [3.8, 4) is 11.5 Å². The zero-order valence-electron chi connectivity index (χ0n) is 21.4. The van der Waals surface area contributed by atoms with Crippen molar-refractivity contribution in [1.82, 2.24) is 10.4 Å². The van der Waals surface area contributed by atoms with E-state index in [1.165, 1.54) is 36.0 Å². The third-order valence-electron chi connectivity index (χ3n) is 8.37. The van der Waals surface area contributed by atoms with Gasteiger partial charge in [-0.05, 0) is 126 Å². The number of rotatable bonds is 7. The number of hydrazine groups is 1. The van der Waals surface area contributed by atoms with Gasteiger partial charge in [-0.2, -0.15) is 5.01 Å². The second-order valence-electron chi connectivity index (χ2n) is 11.1. The van der Waals surface area contributed by atoms with Crippen LogP contribution in [0.3, 0.4) is 0 Å². The molecule has 2 aromatic carbocycles. The standard InChI is InChI=1S/C29H28Br2N2O4S2/c1-36-23-10-17(9-22(31)25(23)37-15-16-2-4-21(30)5-3-16)11-24-26(34)33(28(38)39-24)32-27(35)29-12-18-6-19(13-29)8-20(7-18)14-29/h2-5,9-11,18-20H,6-8,12-15H2,1H3,(H,32,35)/b24-11+. The summed E-state index contributed by atoms with van der Waals surface area (Å²) in [5.74, 6) is 2.69. The lowest BCUT2D eigenvalue weighted by atomic mass is 9.49. The number of methoxy groups -OCH3 is 1. The van der Waals surface area contributed by atoms with Gasteiger partial charge in [-0.15, -0.1) is 0 Å². The maximum Gasteiger partial charge on any atom is 0.285 e. The maximum atomic E-state index is 13.5. The quantitative estimate of drug-likeness (QED) is 0.244. The van der Waals surface area contributed by atoms with Gasteiger partial charge in [0.1, 0.15) is 6.61 Å². The summed E-state index contributed by atoms with van der Waals surface area (Å²) in [6.07, 6.45) is 8.32. The Hall–Kier alpha value is -1.88. The van der Waals surface area contributed by atoms with Crippen LogP contribution in [0.15, 0.2) is 50.2 Å². The van der Waals surface area contributed by atoms with Gasteiger partial charge in [0.2, 0.25) is 5.91 Å². The topological polar surface area (TPSA) is 67.9 Å². The molecule has 5 aliphatic rings. The number of nitrogens with one attached hydrogen (secondary N) is 1. The summed E-state index contributed by atoms with van der Waals surface area (Å²) in [7, 11) is 1.58. The second-order valence-corrected chi connectivity index (χ2v) is 14.6. The molecule has 0 aromatic heterocycles. The smallest absolute Gasteiger partial charge is 0.285 e. The molecule has 0 spiro atoms. The fourth-order valence-electron chi connectivity index (χ4n) is 7.02. The SMILES string of the molecule is COc1cc(/C=C2/SC(=S)N(NC(=O)C34CC5CC(CC(C5)C3)C4)C2=O)cc(Br)c1OCc1ccc(Br)cc1. The first kappa shape index (κ1) is 27.3. The van der Waals surface area contributed by atoms with E-state index < -0.39 is 0 Å². The van der Waals surface area contributed by atoms with Gasteiger partial charge in [0.05, 0.1) is 21.9 Å². The number of halogens is 2. The van der Waals surface area contributed by atoms with Crippen LogP contribution in [0, 0.1) is 23.2 Å². The van der Waals surface area contributed by atoms with E-state index in [1.807, 2.05) is 36.4 Å². The highest BCUT2D eigenvalue weighted by molar-refractivity contribution is 9.10. The second kappa shape index (κ2) is 10.8. The van der Waals surface area contributed by atoms with Gasteiger partial charge in [0.25, 0.3) is 5.91 Å². The van der Waals surface area contributed by atoms with Crippen LogP contribution in [0.25, 0.3) is 6.08 Å². The third kappa shape index (κ3) is 5.42. The zero-order chi connectivity index (χ0) is 27.3. The van der Waals surface area contributed by atoms with Crippen LogP contribution in [0.4, 0.5) is 0 Å². The van der Waals surface area contributed by atoms with Gasteiger partial charge in [-0.3, -0.25) is 15.0 Å². The molecule has 1 saturated heterocycles. The van der Waals surface area contributed by atoms with Crippen LogP contribution >= 0.6 is 55.8 Å². The van der Waals surface area contributed by atoms with Crippen LogP contribution in [-0.4, -0.2) is 28.3 Å².